The molecule has 0 saturated carbocycles. The fraction of sp³-hybridized carbons (Fsp3) is 0.227. The molecule has 2 aromatic carbocycles. The number of rotatable bonds is 7. The molecule has 28 heavy (non-hydrogen) atoms. The zero-order valence-corrected chi connectivity index (χ0v) is 16.6. The van der Waals surface area contributed by atoms with E-state index in [-0.39, 0.29) is 5.56 Å². The summed E-state index contributed by atoms with van der Waals surface area (Å²) >= 11 is 1.48. The molecule has 0 radical (unpaired) electrons. The first-order valence-electron chi connectivity index (χ1n) is 9.40. The molecule has 142 valence electrons. The van der Waals surface area contributed by atoms with Gasteiger partial charge in [-0.1, -0.05) is 78.9 Å². The van der Waals surface area contributed by atoms with Crippen molar-refractivity contribution < 1.29 is 0 Å². The second-order valence-corrected chi connectivity index (χ2v) is 7.79. The Morgan fingerprint density at radius 2 is 1.54 bits per heavy atom. The molecule has 0 aliphatic carbocycles. The van der Waals surface area contributed by atoms with Gasteiger partial charge in [-0.2, -0.15) is 9.61 Å². The molecular formula is C22H22N4OS. The Morgan fingerprint density at radius 1 is 0.929 bits per heavy atom. The van der Waals surface area contributed by atoms with E-state index in [9.17, 15) is 4.79 Å². The Morgan fingerprint density at radius 3 is 2.11 bits per heavy atom. The Hall–Kier alpha value is -2.83. The van der Waals surface area contributed by atoms with Crippen molar-refractivity contribution in [1.29, 1.82) is 0 Å². The maximum Gasteiger partial charge on any atom is 0.275 e. The van der Waals surface area contributed by atoms with Gasteiger partial charge in [0.1, 0.15) is 5.01 Å². The highest BCUT2D eigenvalue weighted by Gasteiger charge is 2.13. The largest absolute Gasteiger partial charge is 0.289 e. The minimum Gasteiger partial charge on any atom is -0.289 e. The van der Waals surface area contributed by atoms with Crippen LogP contribution in [0.5, 0.6) is 0 Å². The first-order chi connectivity index (χ1) is 13.7. The number of aromatic nitrogens is 3. The van der Waals surface area contributed by atoms with Crippen molar-refractivity contribution in [2.45, 2.75) is 33.0 Å². The van der Waals surface area contributed by atoms with Crippen molar-refractivity contribution >= 4 is 16.3 Å². The topological polar surface area (TPSA) is 50.5 Å². The second-order valence-electron chi connectivity index (χ2n) is 6.75. The summed E-state index contributed by atoms with van der Waals surface area (Å²) in [7, 11) is 0. The molecule has 0 aliphatic heterocycles. The fourth-order valence-corrected chi connectivity index (χ4v) is 4.06. The molecule has 4 rings (SSSR count). The van der Waals surface area contributed by atoms with Crippen molar-refractivity contribution in [3.05, 3.63) is 98.9 Å². The van der Waals surface area contributed by atoms with Crippen LogP contribution in [0, 0.1) is 0 Å². The molecule has 0 fully saturated rings. The normalized spacial score (nSPS) is 11.4. The number of hydrogen-bond donors (Lipinski definition) is 0. The Labute approximate surface area is 167 Å². The van der Waals surface area contributed by atoms with Crippen LogP contribution in [-0.4, -0.2) is 19.5 Å². The summed E-state index contributed by atoms with van der Waals surface area (Å²) in [6.45, 7) is 4.22. The summed E-state index contributed by atoms with van der Waals surface area (Å²) in [4.78, 5) is 20.2. The number of fused-ring (bicyclic) bond motifs is 1. The summed E-state index contributed by atoms with van der Waals surface area (Å²) in [5.41, 5.74) is 3.14. The first-order valence-corrected chi connectivity index (χ1v) is 10.2. The minimum atomic E-state index is -0.115. The molecule has 2 aromatic heterocycles. The monoisotopic (exact) mass is 390 g/mol. The molecule has 0 N–H and O–H groups in total. The molecule has 2 heterocycles. The SMILES string of the molecule is CCc1nn2c(=O)cc(CN(Cc3ccccc3)Cc3ccccc3)nc2s1. The summed E-state index contributed by atoms with van der Waals surface area (Å²) in [5.74, 6) is 0. The van der Waals surface area contributed by atoms with Crippen molar-refractivity contribution in [2.24, 2.45) is 0 Å². The Kier molecular flexibility index (Phi) is 5.60. The van der Waals surface area contributed by atoms with Gasteiger partial charge in [0.2, 0.25) is 4.96 Å². The van der Waals surface area contributed by atoms with Crippen LogP contribution in [0.2, 0.25) is 0 Å². The van der Waals surface area contributed by atoms with E-state index in [0.717, 1.165) is 30.2 Å². The highest BCUT2D eigenvalue weighted by atomic mass is 32.1. The maximum absolute atomic E-state index is 12.5. The van der Waals surface area contributed by atoms with Gasteiger partial charge in [-0.15, -0.1) is 0 Å². The van der Waals surface area contributed by atoms with E-state index in [1.807, 2.05) is 19.1 Å². The lowest BCUT2D eigenvalue weighted by Crippen LogP contribution is -2.25. The average Bonchev–Trinajstić information content (AvgIpc) is 3.13. The van der Waals surface area contributed by atoms with Gasteiger partial charge in [0.25, 0.3) is 5.56 Å². The minimum absolute atomic E-state index is 0.115. The van der Waals surface area contributed by atoms with Gasteiger partial charge in [0, 0.05) is 25.7 Å². The van der Waals surface area contributed by atoms with Crippen molar-refractivity contribution in [3.8, 4) is 0 Å². The first kappa shape index (κ1) is 18.5. The molecule has 0 amide bonds. The predicted molar refractivity (Wildman–Crippen MR) is 112 cm³/mol. The van der Waals surface area contributed by atoms with Gasteiger partial charge < -0.3 is 0 Å². The molecular weight excluding hydrogens is 368 g/mol. The lowest BCUT2D eigenvalue weighted by atomic mass is 10.1. The molecule has 0 unspecified atom stereocenters. The van der Waals surface area contributed by atoms with Crippen LogP contribution >= 0.6 is 11.3 Å². The fourth-order valence-electron chi connectivity index (χ4n) is 3.20. The van der Waals surface area contributed by atoms with Crippen LogP contribution in [0.3, 0.4) is 0 Å². The molecule has 0 atom stereocenters. The lowest BCUT2D eigenvalue weighted by molar-refractivity contribution is 0.244. The van der Waals surface area contributed by atoms with Crippen LogP contribution in [0.1, 0.15) is 28.8 Å². The van der Waals surface area contributed by atoms with Gasteiger partial charge in [0.05, 0.1) is 5.69 Å². The van der Waals surface area contributed by atoms with Gasteiger partial charge in [0.15, 0.2) is 0 Å². The zero-order valence-electron chi connectivity index (χ0n) is 15.8. The number of hydrogen-bond acceptors (Lipinski definition) is 5. The van der Waals surface area contributed by atoms with Crippen molar-refractivity contribution in [3.63, 3.8) is 0 Å². The van der Waals surface area contributed by atoms with Crippen LogP contribution in [0.4, 0.5) is 0 Å². The van der Waals surface area contributed by atoms with Crippen LogP contribution in [0.25, 0.3) is 4.96 Å². The molecule has 0 saturated heterocycles. The standard InChI is InChI=1S/C22H22N4OS/c1-2-20-24-26-21(27)13-19(23-22(26)28-20)16-25(14-17-9-5-3-6-10-17)15-18-11-7-4-8-12-18/h3-13H,2,14-16H2,1H3. The maximum atomic E-state index is 12.5. The Balaban J connectivity index is 1.62. The van der Waals surface area contributed by atoms with Gasteiger partial charge in [-0.3, -0.25) is 9.69 Å². The molecule has 5 nitrogen and oxygen atoms in total. The van der Waals surface area contributed by atoms with Crippen molar-refractivity contribution in [1.82, 2.24) is 19.5 Å². The van der Waals surface area contributed by atoms with E-state index in [0.29, 0.717) is 11.5 Å². The van der Waals surface area contributed by atoms with E-state index in [2.05, 4.69) is 58.5 Å². The van der Waals surface area contributed by atoms with E-state index < -0.39 is 0 Å². The third kappa shape index (κ3) is 4.35. The van der Waals surface area contributed by atoms with Crippen LogP contribution in [-0.2, 0) is 26.1 Å². The molecule has 0 aliphatic rings. The molecule has 0 bridgehead atoms. The predicted octanol–water partition coefficient (Wildman–Crippen LogP) is 3.92. The van der Waals surface area contributed by atoms with Gasteiger partial charge >= 0.3 is 0 Å². The second kappa shape index (κ2) is 8.46. The third-order valence-electron chi connectivity index (χ3n) is 4.53. The quantitative estimate of drug-likeness (QED) is 0.480. The highest BCUT2D eigenvalue weighted by Crippen LogP contribution is 2.15. The van der Waals surface area contributed by atoms with E-state index in [1.54, 1.807) is 6.07 Å². The molecule has 0 spiro atoms. The summed E-state index contributed by atoms with van der Waals surface area (Å²) in [6, 6.07) is 22.4. The summed E-state index contributed by atoms with van der Waals surface area (Å²) in [5, 5.41) is 5.26. The van der Waals surface area contributed by atoms with Gasteiger partial charge in [-0.25, -0.2) is 4.98 Å². The molecule has 4 aromatic rings. The smallest absolute Gasteiger partial charge is 0.275 e. The number of aryl methyl sites for hydroxylation is 1. The molecule has 6 heteroatoms. The van der Waals surface area contributed by atoms with E-state index in [4.69, 9.17) is 4.98 Å². The van der Waals surface area contributed by atoms with Crippen LogP contribution in [0.15, 0.2) is 71.5 Å². The van der Waals surface area contributed by atoms with E-state index >= 15 is 0 Å². The number of nitrogens with zero attached hydrogens (tertiary/aromatic N) is 4. The third-order valence-corrected chi connectivity index (χ3v) is 5.58. The van der Waals surface area contributed by atoms with Gasteiger partial charge in [-0.05, 0) is 17.5 Å². The summed E-state index contributed by atoms with van der Waals surface area (Å²) in [6.07, 6.45) is 0.803. The summed E-state index contributed by atoms with van der Waals surface area (Å²) < 4.78 is 1.41. The van der Waals surface area contributed by atoms with Crippen LogP contribution < -0.4 is 5.56 Å². The number of benzene rings is 2. The van der Waals surface area contributed by atoms with E-state index in [1.165, 1.54) is 27.0 Å². The Bertz CT molecular complexity index is 1060. The van der Waals surface area contributed by atoms with Crippen molar-refractivity contribution in [2.75, 3.05) is 0 Å². The average molecular weight is 391 g/mol. The zero-order chi connectivity index (χ0) is 19.3. The highest BCUT2D eigenvalue weighted by molar-refractivity contribution is 7.16. The lowest BCUT2D eigenvalue weighted by Gasteiger charge is -2.22.